The van der Waals surface area contributed by atoms with Crippen LogP contribution in [0.5, 0.6) is 0 Å². The van der Waals surface area contributed by atoms with Crippen LogP contribution in [0.25, 0.3) is 11.3 Å². The monoisotopic (exact) mass is 329 g/mol. The number of amides is 1. The SMILES string of the molecule is CCSc1ccc(-c2cccc(NC(=O)C3CCCO3)c2)nn1. The number of carbonyl (C=O) groups excluding carboxylic acids is 1. The molecule has 1 aromatic heterocycles. The van der Waals surface area contributed by atoms with Crippen molar-refractivity contribution in [1.29, 1.82) is 0 Å². The lowest BCUT2D eigenvalue weighted by atomic mass is 10.1. The molecule has 23 heavy (non-hydrogen) atoms. The van der Waals surface area contributed by atoms with E-state index < -0.39 is 0 Å². The Labute approximate surface area is 139 Å². The number of hydrogen-bond donors (Lipinski definition) is 1. The number of aromatic nitrogens is 2. The second-order valence-electron chi connectivity index (χ2n) is 5.26. The van der Waals surface area contributed by atoms with Gasteiger partial charge in [-0.1, -0.05) is 19.1 Å². The predicted octanol–water partition coefficient (Wildman–Crippen LogP) is 3.37. The Morgan fingerprint density at radius 3 is 2.96 bits per heavy atom. The maximum absolute atomic E-state index is 12.1. The Morgan fingerprint density at radius 1 is 1.35 bits per heavy atom. The Balaban J connectivity index is 1.72. The van der Waals surface area contributed by atoms with E-state index in [1.165, 1.54) is 0 Å². The summed E-state index contributed by atoms with van der Waals surface area (Å²) in [5, 5.41) is 12.3. The van der Waals surface area contributed by atoms with Gasteiger partial charge in [0.2, 0.25) is 0 Å². The van der Waals surface area contributed by atoms with E-state index in [0.29, 0.717) is 6.61 Å². The molecule has 0 aliphatic carbocycles. The molecule has 0 radical (unpaired) electrons. The van der Waals surface area contributed by atoms with Gasteiger partial charge in [-0.2, -0.15) is 0 Å². The van der Waals surface area contributed by atoms with Crippen molar-refractivity contribution in [3.05, 3.63) is 36.4 Å². The number of ether oxygens (including phenoxy) is 1. The first kappa shape index (κ1) is 16.0. The summed E-state index contributed by atoms with van der Waals surface area (Å²) in [6, 6.07) is 11.5. The van der Waals surface area contributed by atoms with Crippen molar-refractivity contribution >= 4 is 23.4 Å². The van der Waals surface area contributed by atoms with Crippen LogP contribution in [0.3, 0.4) is 0 Å². The van der Waals surface area contributed by atoms with Crippen LogP contribution in [0.2, 0.25) is 0 Å². The molecule has 0 spiro atoms. The predicted molar refractivity (Wildman–Crippen MR) is 91.5 cm³/mol. The lowest BCUT2D eigenvalue weighted by Gasteiger charge is -2.11. The van der Waals surface area contributed by atoms with E-state index in [0.717, 1.165) is 40.6 Å². The van der Waals surface area contributed by atoms with Crippen LogP contribution in [0, 0.1) is 0 Å². The van der Waals surface area contributed by atoms with E-state index in [4.69, 9.17) is 4.74 Å². The molecule has 0 saturated carbocycles. The molecule has 2 aromatic rings. The van der Waals surface area contributed by atoms with Crippen LogP contribution in [0.1, 0.15) is 19.8 Å². The fourth-order valence-electron chi connectivity index (χ4n) is 2.46. The Hall–Kier alpha value is -1.92. The number of benzene rings is 1. The van der Waals surface area contributed by atoms with Crippen molar-refractivity contribution in [3.63, 3.8) is 0 Å². The first-order valence-electron chi connectivity index (χ1n) is 7.75. The van der Waals surface area contributed by atoms with E-state index in [2.05, 4.69) is 22.4 Å². The normalized spacial score (nSPS) is 17.2. The van der Waals surface area contributed by atoms with Gasteiger partial charge in [-0.15, -0.1) is 22.0 Å². The topological polar surface area (TPSA) is 64.1 Å². The zero-order valence-corrected chi connectivity index (χ0v) is 13.8. The largest absolute Gasteiger partial charge is 0.368 e. The van der Waals surface area contributed by atoms with Crippen molar-refractivity contribution < 1.29 is 9.53 Å². The van der Waals surface area contributed by atoms with Gasteiger partial charge < -0.3 is 10.1 Å². The van der Waals surface area contributed by atoms with Crippen LogP contribution >= 0.6 is 11.8 Å². The summed E-state index contributed by atoms with van der Waals surface area (Å²) in [5.74, 6) is 0.888. The number of carbonyl (C=O) groups is 1. The Morgan fingerprint density at radius 2 is 2.26 bits per heavy atom. The van der Waals surface area contributed by atoms with Crippen LogP contribution in [0.4, 0.5) is 5.69 Å². The van der Waals surface area contributed by atoms with Crippen molar-refractivity contribution in [2.45, 2.75) is 30.9 Å². The fraction of sp³-hybridized carbons (Fsp3) is 0.353. The molecule has 1 amide bonds. The van der Waals surface area contributed by atoms with E-state index in [1.54, 1.807) is 11.8 Å². The average molecular weight is 329 g/mol. The third-order valence-electron chi connectivity index (χ3n) is 3.58. The quantitative estimate of drug-likeness (QED) is 0.852. The lowest BCUT2D eigenvalue weighted by Crippen LogP contribution is -2.26. The highest BCUT2D eigenvalue weighted by Gasteiger charge is 2.23. The smallest absolute Gasteiger partial charge is 0.253 e. The molecule has 2 heterocycles. The summed E-state index contributed by atoms with van der Waals surface area (Å²) in [6.45, 7) is 2.75. The van der Waals surface area contributed by atoms with E-state index in [-0.39, 0.29) is 12.0 Å². The number of thioether (sulfide) groups is 1. The molecule has 1 aromatic carbocycles. The van der Waals surface area contributed by atoms with Crippen molar-refractivity contribution in [1.82, 2.24) is 10.2 Å². The van der Waals surface area contributed by atoms with Gasteiger partial charge in [0.25, 0.3) is 5.91 Å². The lowest BCUT2D eigenvalue weighted by molar-refractivity contribution is -0.124. The molecule has 120 valence electrons. The average Bonchev–Trinajstić information content (AvgIpc) is 3.11. The molecule has 5 nitrogen and oxygen atoms in total. The zero-order chi connectivity index (χ0) is 16.1. The second-order valence-corrected chi connectivity index (χ2v) is 6.55. The van der Waals surface area contributed by atoms with Crippen molar-refractivity contribution in [3.8, 4) is 11.3 Å². The fourth-order valence-corrected chi connectivity index (χ4v) is 3.02. The third-order valence-corrected chi connectivity index (χ3v) is 4.38. The number of anilines is 1. The highest BCUT2D eigenvalue weighted by atomic mass is 32.2. The molecule has 3 rings (SSSR count). The summed E-state index contributed by atoms with van der Waals surface area (Å²) >= 11 is 1.66. The van der Waals surface area contributed by atoms with Gasteiger partial charge in [-0.25, -0.2) is 0 Å². The van der Waals surface area contributed by atoms with Gasteiger partial charge in [0.1, 0.15) is 11.1 Å². The molecule has 1 atom stereocenters. The highest BCUT2D eigenvalue weighted by Crippen LogP contribution is 2.23. The van der Waals surface area contributed by atoms with Gasteiger partial charge in [0.05, 0.1) is 5.69 Å². The van der Waals surface area contributed by atoms with Crippen LogP contribution in [-0.4, -0.2) is 34.6 Å². The van der Waals surface area contributed by atoms with Crippen LogP contribution < -0.4 is 5.32 Å². The maximum Gasteiger partial charge on any atom is 0.253 e. The first-order chi connectivity index (χ1) is 11.3. The summed E-state index contributed by atoms with van der Waals surface area (Å²) in [5.41, 5.74) is 2.46. The Bertz CT molecular complexity index is 670. The molecule has 1 saturated heterocycles. The molecule has 1 aliphatic heterocycles. The van der Waals surface area contributed by atoms with Gasteiger partial charge in [0.15, 0.2) is 0 Å². The van der Waals surface area contributed by atoms with Gasteiger partial charge in [0, 0.05) is 17.9 Å². The minimum Gasteiger partial charge on any atom is -0.368 e. The summed E-state index contributed by atoms with van der Waals surface area (Å²) in [7, 11) is 0. The highest BCUT2D eigenvalue weighted by molar-refractivity contribution is 7.99. The number of rotatable bonds is 5. The zero-order valence-electron chi connectivity index (χ0n) is 13.0. The second kappa shape index (κ2) is 7.57. The minimum atomic E-state index is -0.330. The molecule has 1 aliphatic rings. The molecule has 1 N–H and O–H groups in total. The van der Waals surface area contributed by atoms with E-state index in [1.807, 2.05) is 36.4 Å². The maximum atomic E-state index is 12.1. The Kier molecular flexibility index (Phi) is 5.25. The molecule has 0 bridgehead atoms. The first-order valence-corrected chi connectivity index (χ1v) is 8.74. The molecule has 6 heteroatoms. The number of nitrogens with one attached hydrogen (secondary N) is 1. The van der Waals surface area contributed by atoms with Gasteiger partial charge in [-0.05, 0) is 42.9 Å². The van der Waals surface area contributed by atoms with Gasteiger partial charge >= 0.3 is 0 Å². The molecular formula is C17H19N3O2S. The van der Waals surface area contributed by atoms with E-state index >= 15 is 0 Å². The van der Waals surface area contributed by atoms with Crippen LogP contribution in [0.15, 0.2) is 41.4 Å². The third kappa shape index (κ3) is 4.09. The summed E-state index contributed by atoms with van der Waals surface area (Å²) < 4.78 is 5.40. The van der Waals surface area contributed by atoms with Gasteiger partial charge in [-0.3, -0.25) is 4.79 Å². The standard InChI is InChI=1S/C17H19N3O2S/c1-2-23-16-9-8-14(19-20-16)12-5-3-6-13(11-12)18-17(21)15-7-4-10-22-15/h3,5-6,8-9,11,15H,2,4,7,10H2,1H3,(H,18,21). The van der Waals surface area contributed by atoms with Crippen molar-refractivity contribution in [2.24, 2.45) is 0 Å². The van der Waals surface area contributed by atoms with E-state index in [9.17, 15) is 4.79 Å². The summed E-state index contributed by atoms with van der Waals surface area (Å²) in [4.78, 5) is 12.1. The number of hydrogen-bond acceptors (Lipinski definition) is 5. The molecule has 1 fully saturated rings. The molecular weight excluding hydrogens is 310 g/mol. The minimum absolute atomic E-state index is 0.0829. The van der Waals surface area contributed by atoms with Crippen LogP contribution in [-0.2, 0) is 9.53 Å². The molecule has 1 unspecified atom stereocenters. The number of nitrogens with zero attached hydrogens (tertiary/aromatic N) is 2. The summed E-state index contributed by atoms with van der Waals surface area (Å²) in [6.07, 6.45) is 1.40. The van der Waals surface area contributed by atoms with Crippen molar-refractivity contribution in [2.75, 3.05) is 17.7 Å².